The van der Waals surface area contributed by atoms with Crippen molar-refractivity contribution in [2.75, 3.05) is 6.61 Å². The summed E-state index contributed by atoms with van der Waals surface area (Å²) in [5.41, 5.74) is 2.46. The Morgan fingerprint density at radius 2 is 2.19 bits per heavy atom. The molecule has 0 N–H and O–H groups in total. The number of hydrogen-bond donors (Lipinski definition) is 0. The number of halogens is 2. The van der Waals surface area contributed by atoms with Gasteiger partial charge in [-0.15, -0.1) is 11.3 Å². The standard InChI is InChI=1S/C23H22BrFN4O2S/c1-4-31-23(30)19-13(2)11-15(7-8-26)14(3)28-21(22-27-9-10-32-22)29-20(19)17-6-5-16(25)12-18(17)24/h5-6,9-10,12,15,20H,4,7,11H2,1-3H3/b19-13-,28-14?,29-21?/t15?,20-/m0/s1. The van der Waals surface area contributed by atoms with Gasteiger partial charge in [-0.1, -0.05) is 27.6 Å². The molecule has 2 aromatic rings. The van der Waals surface area contributed by atoms with E-state index < -0.39 is 17.8 Å². The van der Waals surface area contributed by atoms with Gasteiger partial charge in [0, 0.05) is 34.1 Å². The molecule has 2 heterocycles. The van der Waals surface area contributed by atoms with Gasteiger partial charge < -0.3 is 4.74 Å². The molecule has 3 rings (SSSR count). The third kappa shape index (κ3) is 5.37. The zero-order valence-corrected chi connectivity index (χ0v) is 20.3. The number of thiazole rings is 1. The van der Waals surface area contributed by atoms with Crippen molar-refractivity contribution in [3.63, 3.8) is 0 Å². The van der Waals surface area contributed by atoms with Crippen LogP contribution in [0.5, 0.6) is 0 Å². The van der Waals surface area contributed by atoms with Crippen LogP contribution in [0.15, 0.2) is 55.4 Å². The molecule has 0 amide bonds. The van der Waals surface area contributed by atoms with E-state index in [1.54, 1.807) is 19.2 Å². The van der Waals surface area contributed by atoms with E-state index in [9.17, 15) is 14.4 Å². The van der Waals surface area contributed by atoms with Gasteiger partial charge in [0.15, 0.2) is 10.8 Å². The first-order valence-electron chi connectivity index (χ1n) is 10.1. The number of carbonyl (C=O) groups excluding carboxylic acids is 1. The van der Waals surface area contributed by atoms with Crippen LogP contribution in [0.1, 0.15) is 50.2 Å². The second-order valence-corrected chi connectivity index (χ2v) is 9.04. The maximum absolute atomic E-state index is 13.8. The van der Waals surface area contributed by atoms with Crippen LogP contribution in [0.4, 0.5) is 4.39 Å². The molecule has 0 spiro atoms. The van der Waals surface area contributed by atoms with Crippen LogP contribution in [0.3, 0.4) is 0 Å². The highest BCUT2D eigenvalue weighted by Gasteiger charge is 2.31. The van der Waals surface area contributed by atoms with Crippen molar-refractivity contribution >= 4 is 44.8 Å². The van der Waals surface area contributed by atoms with Crippen molar-refractivity contribution < 1.29 is 13.9 Å². The van der Waals surface area contributed by atoms with Crippen LogP contribution in [0.2, 0.25) is 0 Å². The average molecular weight is 517 g/mol. The molecule has 0 saturated heterocycles. The lowest BCUT2D eigenvalue weighted by atomic mass is 9.87. The topological polar surface area (TPSA) is 87.7 Å². The third-order valence-electron chi connectivity index (χ3n) is 5.12. The Morgan fingerprint density at radius 3 is 2.81 bits per heavy atom. The zero-order chi connectivity index (χ0) is 23.3. The van der Waals surface area contributed by atoms with Crippen LogP contribution in [0.25, 0.3) is 0 Å². The number of amidine groups is 1. The highest BCUT2D eigenvalue weighted by molar-refractivity contribution is 9.10. The molecule has 166 valence electrons. The Kier molecular flexibility index (Phi) is 8.04. The lowest BCUT2D eigenvalue weighted by Crippen LogP contribution is -2.18. The fourth-order valence-corrected chi connectivity index (χ4v) is 4.69. The Morgan fingerprint density at radius 1 is 1.41 bits per heavy atom. The average Bonchev–Trinajstić information content (AvgIpc) is 3.27. The zero-order valence-electron chi connectivity index (χ0n) is 17.9. The fourth-order valence-electron chi connectivity index (χ4n) is 3.54. The minimum absolute atomic E-state index is 0.190. The number of aromatic nitrogens is 1. The number of nitrogens with zero attached hydrogens (tertiary/aromatic N) is 4. The summed E-state index contributed by atoms with van der Waals surface area (Å²) in [6.45, 7) is 5.64. The van der Waals surface area contributed by atoms with E-state index >= 15 is 0 Å². The van der Waals surface area contributed by atoms with Crippen LogP contribution < -0.4 is 0 Å². The van der Waals surface area contributed by atoms with Gasteiger partial charge in [-0.05, 0) is 44.9 Å². The highest BCUT2D eigenvalue weighted by atomic mass is 79.9. The molecule has 1 unspecified atom stereocenters. The number of hydrogen-bond acceptors (Lipinski definition) is 7. The molecule has 1 aliphatic rings. The second kappa shape index (κ2) is 10.7. The first kappa shape index (κ1) is 24.0. The monoisotopic (exact) mass is 516 g/mol. The van der Waals surface area contributed by atoms with Crippen LogP contribution in [0, 0.1) is 23.1 Å². The first-order valence-corrected chi connectivity index (χ1v) is 11.7. The summed E-state index contributed by atoms with van der Waals surface area (Å²) in [6.07, 6.45) is 2.36. The Balaban J connectivity index is 2.32. The van der Waals surface area contributed by atoms with E-state index in [1.807, 2.05) is 19.2 Å². The molecular formula is C23H22BrFN4O2S. The Hall–Kier alpha value is -2.70. The molecule has 0 bridgehead atoms. The molecule has 1 aromatic carbocycles. The van der Waals surface area contributed by atoms with Gasteiger partial charge in [0.2, 0.25) is 0 Å². The molecule has 6 nitrogen and oxygen atoms in total. The highest BCUT2D eigenvalue weighted by Crippen LogP contribution is 2.38. The number of nitriles is 1. The molecule has 0 fully saturated rings. The predicted molar refractivity (Wildman–Crippen MR) is 126 cm³/mol. The summed E-state index contributed by atoms with van der Waals surface area (Å²) in [5.74, 6) is -0.735. The first-order chi connectivity index (χ1) is 15.3. The SMILES string of the molecule is CCOC(=O)/C1=C(/C)CC(CC#N)C(C)=NC(c2nccs2)=N[C@H]1c1ccc(F)cc1Br. The number of carbonyl (C=O) groups is 1. The van der Waals surface area contributed by atoms with Gasteiger partial charge in [0.1, 0.15) is 11.9 Å². The number of ether oxygens (including phenoxy) is 1. The minimum Gasteiger partial charge on any atom is -0.463 e. The van der Waals surface area contributed by atoms with E-state index in [4.69, 9.17) is 14.7 Å². The van der Waals surface area contributed by atoms with Crippen LogP contribution in [-0.4, -0.2) is 29.1 Å². The normalized spacial score (nSPS) is 21.5. The van der Waals surface area contributed by atoms with Gasteiger partial charge in [0.25, 0.3) is 0 Å². The molecule has 32 heavy (non-hydrogen) atoms. The third-order valence-corrected chi connectivity index (χ3v) is 6.58. The quantitative estimate of drug-likeness (QED) is 0.469. The van der Waals surface area contributed by atoms with Gasteiger partial charge in [0.05, 0.1) is 18.2 Å². The molecule has 1 aromatic heterocycles. The van der Waals surface area contributed by atoms with E-state index in [0.29, 0.717) is 32.9 Å². The van der Waals surface area contributed by atoms with Crippen molar-refractivity contribution in [1.29, 1.82) is 5.26 Å². The van der Waals surface area contributed by atoms with Crippen molar-refractivity contribution in [3.05, 3.63) is 61.8 Å². The van der Waals surface area contributed by atoms with Gasteiger partial charge in [-0.3, -0.25) is 4.99 Å². The minimum atomic E-state index is -0.791. The summed E-state index contributed by atoms with van der Waals surface area (Å²) in [7, 11) is 0. The fraction of sp³-hybridized carbons (Fsp3) is 0.348. The summed E-state index contributed by atoms with van der Waals surface area (Å²) in [5, 5.41) is 11.8. The van der Waals surface area contributed by atoms with Crippen molar-refractivity contribution in [1.82, 2.24) is 4.98 Å². The predicted octanol–water partition coefficient (Wildman–Crippen LogP) is 5.81. The molecule has 0 saturated carbocycles. The Bertz CT molecular complexity index is 1140. The smallest absolute Gasteiger partial charge is 0.336 e. The van der Waals surface area contributed by atoms with Crippen molar-refractivity contribution in [2.24, 2.45) is 15.9 Å². The summed E-state index contributed by atoms with van der Waals surface area (Å²) < 4.78 is 19.7. The molecule has 0 radical (unpaired) electrons. The summed E-state index contributed by atoms with van der Waals surface area (Å²) in [4.78, 5) is 27.1. The largest absolute Gasteiger partial charge is 0.463 e. The molecular weight excluding hydrogens is 495 g/mol. The Labute approximate surface area is 198 Å². The summed E-state index contributed by atoms with van der Waals surface area (Å²) >= 11 is 4.80. The maximum atomic E-state index is 13.8. The van der Waals surface area contributed by atoms with Gasteiger partial charge in [-0.25, -0.2) is 19.2 Å². The maximum Gasteiger partial charge on any atom is 0.336 e. The van der Waals surface area contributed by atoms with E-state index in [0.717, 1.165) is 11.3 Å². The van der Waals surface area contributed by atoms with Crippen molar-refractivity contribution in [3.8, 4) is 6.07 Å². The number of rotatable bonds is 5. The van der Waals surface area contributed by atoms with Gasteiger partial charge >= 0.3 is 5.97 Å². The van der Waals surface area contributed by atoms with Crippen LogP contribution in [-0.2, 0) is 9.53 Å². The van der Waals surface area contributed by atoms with Crippen LogP contribution >= 0.6 is 27.3 Å². The van der Waals surface area contributed by atoms with E-state index in [1.165, 1.54) is 23.5 Å². The number of esters is 1. The number of benzene rings is 1. The second-order valence-electron chi connectivity index (χ2n) is 7.29. The lowest BCUT2D eigenvalue weighted by Gasteiger charge is -2.21. The van der Waals surface area contributed by atoms with E-state index in [2.05, 4.69) is 27.0 Å². The molecule has 9 heteroatoms. The molecule has 1 aliphatic heterocycles. The molecule has 2 atom stereocenters. The van der Waals surface area contributed by atoms with Gasteiger partial charge in [-0.2, -0.15) is 5.26 Å². The van der Waals surface area contributed by atoms with E-state index in [-0.39, 0.29) is 18.9 Å². The number of aliphatic imine (C=N–C) groups is 2. The number of allylic oxidation sites excluding steroid dienone is 1. The van der Waals surface area contributed by atoms with Crippen molar-refractivity contribution in [2.45, 2.75) is 39.7 Å². The lowest BCUT2D eigenvalue weighted by molar-refractivity contribution is -0.138. The summed E-state index contributed by atoms with van der Waals surface area (Å²) in [6, 6.07) is 5.69. The molecule has 0 aliphatic carbocycles.